The molecule has 0 saturated carbocycles. The minimum absolute atomic E-state index is 0.0498. The first-order valence-corrected chi connectivity index (χ1v) is 8.26. The second-order valence-corrected chi connectivity index (χ2v) is 6.13. The largest absolute Gasteiger partial charge is 0.294 e. The van der Waals surface area contributed by atoms with Gasteiger partial charge in [-0.15, -0.1) is 0 Å². The van der Waals surface area contributed by atoms with Crippen molar-refractivity contribution in [1.29, 1.82) is 0 Å². The number of carbonyl (C=O) groups is 2. The molecule has 7 heteroatoms. The average Bonchev–Trinajstić information content (AvgIpc) is 2.50. The predicted octanol–water partition coefficient (Wildman–Crippen LogP) is 4.06. The SMILES string of the molecule is CCCCC(=O)C(Cc1ccc(Br)cc1F)=C(NOC)C(=O)Cl. The summed E-state index contributed by atoms with van der Waals surface area (Å²) in [5, 5.41) is -0.857. The summed E-state index contributed by atoms with van der Waals surface area (Å²) in [7, 11) is 1.30. The van der Waals surface area contributed by atoms with Gasteiger partial charge in [0.1, 0.15) is 11.5 Å². The molecule has 0 aliphatic rings. The highest BCUT2D eigenvalue weighted by Crippen LogP contribution is 2.21. The summed E-state index contributed by atoms with van der Waals surface area (Å²) in [6, 6.07) is 4.52. The molecule has 0 heterocycles. The van der Waals surface area contributed by atoms with E-state index >= 15 is 0 Å². The maximum atomic E-state index is 14.0. The van der Waals surface area contributed by atoms with Crippen LogP contribution in [0.1, 0.15) is 31.7 Å². The zero-order valence-corrected chi connectivity index (χ0v) is 15.3. The van der Waals surface area contributed by atoms with Crippen LogP contribution in [0.4, 0.5) is 4.39 Å². The van der Waals surface area contributed by atoms with E-state index in [1.807, 2.05) is 6.92 Å². The van der Waals surface area contributed by atoms with Gasteiger partial charge in [-0.25, -0.2) is 4.39 Å². The second-order valence-electron chi connectivity index (χ2n) is 4.87. The van der Waals surface area contributed by atoms with Gasteiger partial charge in [0, 0.05) is 22.9 Å². The molecule has 0 atom stereocenters. The summed E-state index contributed by atoms with van der Waals surface area (Å²) in [4.78, 5) is 28.7. The summed E-state index contributed by atoms with van der Waals surface area (Å²) in [6.07, 6.45) is 1.70. The van der Waals surface area contributed by atoms with Crippen LogP contribution in [-0.2, 0) is 20.8 Å². The molecule has 0 amide bonds. The van der Waals surface area contributed by atoms with Crippen LogP contribution in [0.25, 0.3) is 0 Å². The molecule has 0 saturated heterocycles. The Morgan fingerprint density at radius 2 is 2.09 bits per heavy atom. The first-order valence-electron chi connectivity index (χ1n) is 7.09. The lowest BCUT2D eigenvalue weighted by molar-refractivity contribution is -0.117. The third-order valence-corrected chi connectivity index (χ3v) is 3.86. The Labute approximate surface area is 148 Å². The molecule has 0 aromatic heterocycles. The number of ketones is 1. The quantitative estimate of drug-likeness (QED) is 0.382. The molecule has 0 radical (unpaired) electrons. The van der Waals surface area contributed by atoms with E-state index in [2.05, 4.69) is 21.4 Å². The van der Waals surface area contributed by atoms with Crippen molar-refractivity contribution in [3.05, 3.63) is 45.3 Å². The van der Waals surface area contributed by atoms with Crippen LogP contribution in [0.15, 0.2) is 33.9 Å². The molecule has 0 aliphatic heterocycles. The van der Waals surface area contributed by atoms with Gasteiger partial charge in [0.25, 0.3) is 5.24 Å². The highest BCUT2D eigenvalue weighted by Gasteiger charge is 2.21. The summed E-state index contributed by atoms with van der Waals surface area (Å²) in [6.45, 7) is 1.95. The van der Waals surface area contributed by atoms with Crippen LogP contribution < -0.4 is 5.48 Å². The topological polar surface area (TPSA) is 55.4 Å². The molecule has 0 unspecified atom stereocenters. The Bertz CT molecular complexity index is 619. The number of unbranched alkanes of at least 4 members (excludes halogenated alkanes) is 1. The number of nitrogens with one attached hydrogen (secondary N) is 1. The molecule has 1 rings (SSSR count). The van der Waals surface area contributed by atoms with E-state index in [1.165, 1.54) is 13.2 Å². The van der Waals surface area contributed by atoms with Crippen LogP contribution >= 0.6 is 27.5 Å². The van der Waals surface area contributed by atoms with E-state index in [4.69, 9.17) is 16.4 Å². The van der Waals surface area contributed by atoms with E-state index in [0.29, 0.717) is 16.5 Å². The van der Waals surface area contributed by atoms with Crippen LogP contribution in [0, 0.1) is 5.82 Å². The molecule has 1 aromatic carbocycles. The van der Waals surface area contributed by atoms with Gasteiger partial charge in [-0.3, -0.25) is 19.9 Å². The number of Topliss-reactive ketones (excluding diaryl/α,β-unsaturated/α-hetero) is 1. The van der Waals surface area contributed by atoms with Gasteiger partial charge < -0.3 is 0 Å². The maximum absolute atomic E-state index is 14.0. The number of halogens is 3. The lowest BCUT2D eigenvalue weighted by Gasteiger charge is -2.13. The van der Waals surface area contributed by atoms with E-state index in [-0.39, 0.29) is 29.9 Å². The van der Waals surface area contributed by atoms with E-state index in [0.717, 1.165) is 6.42 Å². The highest BCUT2D eigenvalue weighted by molar-refractivity contribution is 9.10. The molecule has 1 N–H and O–H groups in total. The molecular weight excluding hydrogens is 389 g/mol. The van der Waals surface area contributed by atoms with Crippen molar-refractivity contribution in [2.45, 2.75) is 32.6 Å². The fourth-order valence-corrected chi connectivity index (χ4v) is 2.48. The van der Waals surface area contributed by atoms with Gasteiger partial charge in [-0.2, -0.15) is 0 Å². The average molecular weight is 407 g/mol. The third kappa shape index (κ3) is 6.05. The van der Waals surface area contributed by atoms with E-state index in [1.54, 1.807) is 12.1 Å². The van der Waals surface area contributed by atoms with Crippen molar-refractivity contribution in [3.8, 4) is 0 Å². The van der Waals surface area contributed by atoms with Crippen molar-refractivity contribution in [2.24, 2.45) is 0 Å². The lowest BCUT2D eigenvalue weighted by atomic mass is 9.96. The first kappa shape index (κ1) is 19.8. The standard InChI is InChI=1S/C16H18BrClFNO3/c1-3-4-5-14(21)12(15(16(18)22)20-23-2)8-10-6-7-11(17)9-13(10)19/h6-7,9,20H,3-5,8H2,1-2H3. The Hall–Kier alpha value is -1.24. The van der Waals surface area contributed by atoms with Gasteiger partial charge in [-0.1, -0.05) is 35.3 Å². The molecule has 0 fully saturated rings. The molecule has 0 spiro atoms. The van der Waals surface area contributed by atoms with Crippen molar-refractivity contribution in [1.82, 2.24) is 5.48 Å². The van der Waals surface area contributed by atoms with Gasteiger partial charge in [0.15, 0.2) is 5.78 Å². The molecule has 1 aromatic rings. The van der Waals surface area contributed by atoms with Crippen LogP contribution in [0.3, 0.4) is 0 Å². The van der Waals surface area contributed by atoms with Crippen LogP contribution in [-0.4, -0.2) is 18.1 Å². The summed E-state index contributed by atoms with van der Waals surface area (Å²) < 4.78 is 14.6. The molecule has 23 heavy (non-hydrogen) atoms. The summed E-state index contributed by atoms with van der Waals surface area (Å²) in [5.74, 6) is -0.735. The van der Waals surface area contributed by atoms with Crippen molar-refractivity contribution >= 4 is 38.6 Å². The number of benzene rings is 1. The van der Waals surface area contributed by atoms with E-state index < -0.39 is 11.1 Å². The molecule has 4 nitrogen and oxygen atoms in total. The number of allylic oxidation sites excluding steroid dienone is 2. The lowest BCUT2D eigenvalue weighted by Crippen LogP contribution is -2.23. The monoisotopic (exact) mass is 405 g/mol. The Morgan fingerprint density at radius 3 is 2.61 bits per heavy atom. The van der Waals surface area contributed by atoms with Gasteiger partial charge in [0.2, 0.25) is 0 Å². The fraction of sp³-hybridized carbons (Fsp3) is 0.375. The van der Waals surface area contributed by atoms with Gasteiger partial charge >= 0.3 is 0 Å². The molecule has 0 aliphatic carbocycles. The van der Waals surface area contributed by atoms with Gasteiger partial charge in [-0.05, 0) is 35.7 Å². The van der Waals surface area contributed by atoms with Crippen LogP contribution in [0.2, 0.25) is 0 Å². The third-order valence-electron chi connectivity index (χ3n) is 3.18. The summed E-state index contributed by atoms with van der Waals surface area (Å²) in [5.41, 5.74) is 2.59. The molecule has 126 valence electrons. The molecular formula is C16H18BrClFNO3. The highest BCUT2D eigenvalue weighted by atomic mass is 79.9. The Kier molecular flexibility index (Phi) is 8.44. The normalized spacial score (nSPS) is 11.9. The zero-order valence-electron chi connectivity index (χ0n) is 12.9. The number of hydroxylamine groups is 1. The van der Waals surface area contributed by atoms with Crippen molar-refractivity contribution in [3.63, 3.8) is 0 Å². The summed E-state index contributed by atoms with van der Waals surface area (Å²) >= 11 is 8.71. The van der Waals surface area contributed by atoms with Crippen molar-refractivity contribution < 1.29 is 18.8 Å². The number of hydrogen-bond acceptors (Lipinski definition) is 4. The number of rotatable bonds is 9. The molecule has 0 bridgehead atoms. The second kappa shape index (κ2) is 9.80. The Balaban J connectivity index is 3.24. The first-order chi connectivity index (χ1) is 10.9. The Morgan fingerprint density at radius 1 is 1.39 bits per heavy atom. The minimum atomic E-state index is -0.857. The zero-order chi connectivity index (χ0) is 17.4. The minimum Gasteiger partial charge on any atom is -0.294 e. The predicted molar refractivity (Wildman–Crippen MR) is 90.4 cm³/mol. The smallest absolute Gasteiger partial charge is 0.271 e. The number of carbonyl (C=O) groups excluding carboxylic acids is 2. The van der Waals surface area contributed by atoms with Crippen LogP contribution in [0.5, 0.6) is 0 Å². The van der Waals surface area contributed by atoms with E-state index in [9.17, 15) is 14.0 Å². The van der Waals surface area contributed by atoms with Crippen molar-refractivity contribution in [2.75, 3.05) is 7.11 Å². The number of hydrogen-bond donors (Lipinski definition) is 1. The maximum Gasteiger partial charge on any atom is 0.271 e. The fourth-order valence-electron chi connectivity index (χ4n) is 1.99. The van der Waals surface area contributed by atoms with Gasteiger partial charge in [0.05, 0.1) is 7.11 Å².